The molecule has 132 valence electrons. The van der Waals surface area contributed by atoms with Gasteiger partial charge in [0.15, 0.2) is 0 Å². The van der Waals surface area contributed by atoms with Gasteiger partial charge in [0, 0.05) is 37.8 Å². The Balaban J connectivity index is 1.65. The molecule has 2 aliphatic heterocycles. The first-order valence-electron chi connectivity index (χ1n) is 9.12. The second kappa shape index (κ2) is 8.10. The van der Waals surface area contributed by atoms with E-state index < -0.39 is 0 Å². The molecule has 2 fully saturated rings. The van der Waals surface area contributed by atoms with Crippen molar-refractivity contribution < 1.29 is 9.90 Å². The summed E-state index contributed by atoms with van der Waals surface area (Å²) in [6.07, 6.45) is 4.76. The molecule has 5 heteroatoms. The Morgan fingerprint density at radius 1 is 1.17 bits per heavy atom. The molecule has 2 aliphatic rings. The van der Waals surface area contributed by atoms with Crippen LogP contribution in [0.15, 0.2) is 24.3 Å². The van der Waals surface area contributed by atoms with Gasteiger partial charge in [0.2, 0.25) is 5.91 Å². The molecular formula is C19H29N3O2. The van der Waals surface area contributed by atoms with E-state index in [0.29, 0.717) is 12.1 Å². The molecular weight excluding hydrogens is 302 g/mol. The van der Waals surface area contributed by atoms with Gasteiger partial charge in [-0.15, -0.1) is 0 Å². The topological polar surface area (TPSA) is 55.8 Å². The molecule has 0 aliphatic carbocycles. The molecule has 1 amide bonds. The van der Waals surface area contributed by atoms with Gasteiger partial charge < -0.3 is 10.4 Å². The molecule has 24 heavy (non-hydrogen) atoms. The highest BCUT2D eigenvalue weighted by molar-refractivity contribution is 5.89. The minimum absolute atomic E-state index is 0.0247. The standard InChI is InChI=1S/C19H29N3O2/c1-15(24)20-19-9-3-2-6-16(19)12-21-10-4-7-17(21)13-22-11-5-8-18(22)14-23/h2-3,6,9,17-18,23H,4-5,7-8,10-14H2,1H3,(H,20,24). The molecule has 5 nitrogen and oxygen atoms in total. The average molecular weight is 331 g/mol. The maximum absolute atomic E-state index is 11.4. The van der Waals surface area contributed by atoms with Crippen molar-refractivity contribution in [2.45, 2.75) is 51.2 Å². The summed E-state index contributed by atoms with van der Waals surface area (Å²) in [5.74, 6) is -0.0247. The zero-order valence-corrected chi connectivity index (χ0v) is 14.6. The van der Waals surface area contributed by atoms with Crippen LogP contribution in [0.25, 0.3) is 0 Å². The van der Waals surface area contributed by atoms with Gasteiger partial charge in [-0.1, -0.05) is 18.2 Å². The summed E-state index contributed by atoms with van der Waals surface area (Å²) in [5, 5.41) is 12.5. The van der Waals surface area contributed by atoms with Crippen LogP contribution >= 0.6 is 0 Å². The van der Waals surface area contributed by atoms with Crippen molar-refractivity contribution in [2.24, 2.45) is 0 Å². The molecule has 0 aromatic heterocycles. The summed E-state index contributed by atoms with van der Waals surface area (Å²) in [4.78, 5) is 16.4. The molecule has 0 spiro atoms. The summed E-state index contributed by atoms with van der Waals surface area (Å²) in [6, 6.07) is 8.97. The summed E-state index contributed by atoms with van der Waals surface area (Å²) in [7, 11) is 0. The minimum atomic E-state index is -0.0247. The molecule has 0 radical (unpaired) electrons. The third-order valence-electron chi connectivity index (χ3n) is 5.36. The lowest BCUT2D eigenvalue weighted by Crippen LogP contribution is -2.43. The van der Waals surface area contributed by atoms with Crippen molar-refractivity contribution in [3.05, 3.63) is 29.8 Å². The second-order valence-corrected chi connectivity index (χ2v) is 7.08. The van der Waals surface area contributed by atoms with Crippen LogP contribution in [-0.4, -0.2) is 59.1 Å². The van der Waals surface area contributed by atoms with Gasteiger partial charge in [-0.05, 0) is 50.4 Å². The number of nitrogens with zero attached hydrogens (tertiary/aromatic N) is 2. The number of amides is 1. The fraction of sp³-hybridized carbons (Fsp3) is 0.632. The fourth-order valence-electron chi connectivity index (χ4n) is 4.11. The smallest absolute Gasteiger partial charge is 0.221 e. The number of benzene rings is 1. The monoisotopic (exact) mass is 331 g/mol. The Morgan fingerprint density at radius 2 is 1.88 bits per heavy atom. The van der Waals surface area contributed by atoms with E-state index in [-0.39, 0.29) is 12.5 Å². The quantitative estimate of drug-likeness (QED) is 0.838. The first-order chi connectivity index (χ1) is 11.7. The van der Waals surface area contributed by atoms with Crippen LogP contribution in [0.2, 0.25) is 0 Å². The van der Waals surface area contributed by atoms with Crippen molar-refractivity contribution in [3.8, 4) is 0 Å². The third kappa shape index (κ3) is 4.15. The Kier molecular flexibility index (Phi) is 5.87. The van der Waals surface area contributed by atoms with E-state index in [2.05, 4.69) is 21.2 Å². The fourth-order valence-corrected chi connectivity index (χ4v) is 4.11. The van der Waals surface area contributed by atoms with E-state index in [1.807, 2.05) is 18.2 Å². The number of likely N-dealkylation sites (tertiary alicyclic amines) is 2. The van der Waals surface area contributed by atoms with Gasteiger partial charge in [0.1, 0.15) is 0 Å². The van der Waals surface area contributed by atoms with Crippen molar-refractivity contribution in [3.63, 3.8) is 0 Å². The first kappa shape index (κ1) is 17.4. The average Bonchev–Trinajstić information content (AvgIpc) is 3.19. The normalized spacial score (nSPS) is 25.2. The Hall–Kier alpha value is -1.43. The number of carbonyl (C=O) groups excluding carboxylic acids is 1. The van der Waals surface area contributed by atoms with Crippen molar-refractivity contribution in [1.29, 1.82) is 0 Å². The minimum Gasteiger partial charge on any atom is -0.395 e. The number of carbonyl (C=O) groups is 1. The predicted octanol–water partition coefficient (Wildman–Crippen LogP) is 2.07. The molecule has 2 heterocycles. The van der Waals surface area contributed by atoms with E-state index in [0.717, 1.165) is 38.3 Å². The van der Waals surface area contributed by atoms with Gasteiger partial charge in [0.05, 0.1) is 6.61 Å². The highest BCUT2D eigenvalue weighted by Gasteiger charge is 2.31. The number of aliphatic hydroxyl groups is 1. The number of anilines is 1. The number of para-hydroxylation sites is 1. The highest BCUT2D eigenvalue weighted by Crippen LogP contribution is 2.26. The van der Waals surface area contributed by atoms with Gasteiger partial charge in [0.25, 0.3) is 0 Å². The number of nitrogens with one attached hydrogen (secondary N) is 1. The largest absolute Gasteiger partial charge is 0.395 e. The van der Waals surface area contributed by atoms with Crippen LogP contribution in [0.4, 0.5) is 5.69 Å². The molecule has 2 unspecified atom stereocenters. The van der Waals surface area contributed by atoms with Crippen molar-refractivity contribution in [2.75, 3.05) is 31.6 Å². The Labute approximate surface area is 144 Å². The third-order valence-corrected chi connectivity index (χ3v) is 5.36. The summed E-state index contributed by atoms with van der Waals surface area (Å²) >= 11 is 0. The summed E-state index contributed by atoms with van der Waals surface area (Å²) in [6.45, 7) is 5.97. The van der Waals surface area contributed by atoms with E-state index in [9.17, 15) is 9.90 Å². The van der Waals surface area contributed by atoms with Crippen LogP contribution in [0, 0.1) is 0 Å². The molecule has 1 aromatic carbocycles. The summed E-state index contributed by atoms with van der Waals surface area (Å²) < 4.78 is 0. The zero-order valence-electron chi connectivity index (χ0n) is 14.6. The molecule has 0 saturated carbocycles. The van der Waals surface area contributed by atoms with Crippen molar-refractivity contribution in [1.82, 2.24) is 9.80 Å². The molecule has 2 atom stereocenters. The SMILES string of the molecule is CC(=O)Nc1ccccc1CN1CCCC1CN1CCCC1CO. The number of hydrogen-bond acceptors (Lipinski definition) is 4. The lowest BCUT2D eigenvalue weighted by atomic mass is 10.1. The molecule has 2 saturated heterocycles. The van der Waals surface area contributed by atoms with E-state index in [1.165, 1.54) is 24.8 Å². The Morgan fingerprint density at radius 3 is 2.62 bits per heavy atom. The van der Waals surface area contributed by atoms with Gasteiger partial charge in [-0.25, -0.2) is 0 Å². The number of aliphatic hydroxyl groups excluding tert-OH is 1. The second-order valence-electron chi connectivity index (χ2n) is 7.08. The first-order valence-corrected chi connectivity index (χ1v) is 9.12. The number of rotatable bonds is 6. The molecule has 1 aromatic rings. The van der Waals surface area contributed by atoms with Crippen molar-refractivity contribution >= 4 is 11.6 Å². The van der Waals surface area contributed by atoms with Crippen LogP contribution in [-0.2, 0) is 11.3 Å². The van der Waals surface area contributed by atoms with Crippen LogP contribution in [0.5, 0.6) is 0 Å². The van der Waals surface area contributed by atoms with Crippen LogP contribution < -0.4 is 5.32 Å². The lowest BCUT2D eigenvalue weighted by Gasteiger charge is -2.31. The zero-order chi connectivity index (χ0) is 16.9. The number of hydrogen-bond donors (Lipinski definition) is 2. The maximum atomic E-state index is 11.4. The molecule has 3 rings (SSSR count). The van der Waals surface area contributed by atoms with Gasteiger partial charge in [-0.2, -0.15) is 0 Å². The van der Waals surface area contributed by atoms with E-state index in [4.69, 9.17) is 0 Å². The maximum Gasteiger partial charge on any atom is 0.221 e. The lowest BCUT2D eigenvalue weighted by molar-refractivity contribution is -0.114. The van der Waals surface area contributed by atoms with Crippen LogP contribution in [0.3, 0.4) is 0 Å². The van der Waals surface area contributed by atoms with E-state index in [1.54, 1.807) is 6.92 Å². The highest BCUT2D eigenvalue weighted by atomic mass is 16.3. The van der Waals surface area contributed by atoms with Gasteiger partial charge >= 0.3 is 0 Å². The van der Waals surface area contributed by atoms with Gasteiger partial charge in [-0.3, -0.25) is 14.6 Å². The Bertz CT molecular complexity index is 563. The summed E-state index contributed by atoms with van der Waals surface area (Å²) in [5.41, 5.74) is 2.10. The van der Waals surface area contributed by atoms with Crippen LogP contribution in [0.1, 0.15) is 38.2 Å². The van der Waals surface area contributed by atoms with E-state index >= 15 is 0 Å². The predicted molar refractivity (Wildman–Crippen MR) is 95.9 cm³/mol. The molecule has 2 N–H and O–H groups in total. The molecule has 0 bridgehead atoms.